The van der Waals surface area contributed by atoms with Crippen molar-refractivity contribution in [3.05, 3.63) is 0 Å². The van der Waals surface area contributed by atoms with Gasteiger partial charge in [-0.1, -0.05) is 12.8 Å². The molecule has 1 atom stereocenters. The summed E-state index contributed by atoms with van der Waals surface area (Å²) in [7, 11) is 0. The molecule has 1 aliphatic rings. The van der Waals surface area contributed by atoms with Crippen molar-refractivity contribution in [2.45, 2.75) is 38.1 Å². The van der Waals surface area contributed by atoms with Crippen LogP contribution >= 0.6 is 11.8 Å². The molecule has 2 N–H and O–H groups in total. The van der Waals surface area contributed by atoms with Gasteiger partial charge in [0, 0.05) is 5.75 Å². The molecule has 0 radical (unpaired) electrons. The SMILES string of the molecule is CC(N)(C#N)CSCC1CCCC1. The minimum atomic E-state index is -0.636. The smallest absolute Gasteiger partial charge is 0.110 e. The zero-order chi connectivity index (χ0) is 9.73. The van der Waals surface area contributed by atoms with Crippen molar-refractivity contribution in [3.63, 3.8) is 0 Å². The summed E-state index contributed by atoms with van der Waals surface area (Å²) in [5.74, 6) is 2.84. The van der Waals surface area contributed by atoms with E-state index < -0.39 is 5.54 Å². The first kappa shape index (κ1) is 10.9. The summed E-state index contributed by atoms with van der Waals surface area (Å²) in [4.78, 5) is 0. The lowest BCUT2D eigenvalue weighted by atomic mass is 10.1. The van der Waals surface area contributed by atoms with Gasteiger partial charge in [0.25, 0.3) is 0 Å². The summed E-state index contributed by atoms with van der Waals surface area (Å²) >= 11 is 1.83. The van der Waals surface area contributed by atoms with Crippen LogP contribution in [-0.2, 0) is 0 Å². The monoisotopic (exact) mass is 198 g/mol. The lowest BCUT2D eigenvalue weighted by molar-refractivity contribution is 0.619. The first-order chi connectivity index (χ1) is 6.14. The van der Waals surface area contributed by atoms with E-state index in [-0.39, 0.29) is 0 Å². The third-order valence-electron chi connectivity index (χ3n) is 2.49. The zero-order valence-corrected chi connectivity index (χ0v) is 9.07. The Balaban J connectivity index is 2.10. The largest absolute Gasteiger partial charge is 0.313 e. The quantitative estimate of drug-likeness (QED) is 0.753. The fourth-order valence-electron chi connectivity index (χ4n) is 1.65. The number of nitrogens with zero attached hydrogens (tertiary/aromatic N) is 1. The van der Waals surface area contributed by atoms with Gasteiger partial charge in [0.1, 0.15) is 5.54 Å². The van der Waals surface area contributed by atoms with Gasteiger partial charge in [0.05, 0.1) is 6.07 Å². The molecule has 3 heteroatoms. The van der Waals surface area contributed by atoms with E-state index in [0.717, 1.165) is 11.7 Å². The average molecular weight is 198 g/mol. The van der Waals surface area contributed by atoms with Gasteiger partial charge in [-0.05, 0) is 31.4 Å². The molecule has 74 valence electrons. The van der Waals surface area contributed by atoms with Gasteiger partial charge in [-0.2, -0.15) is 17.0 Å². The molecule has 1 fully saturated rings. The topological polar surface area (TPSA) is 49.8 Å². The fourth-order valence-corrected chi connectivity index (χ4v) is 2.92. The molecule has 13 heavy (non-hydrogen) atoms. The lowest BCUT2D eigenvalue weighted by Crippen LogP contribution is -2.37. The van der Waals surface area contributed by atoms with Gasteiger partial charge in [0.2, 0.25) is 0 Å². The van der Waals surface area contributed by atoms with Crippen LogP contribution in [0.25, 0.3) is 0 Å². The highest BCUT2D eigenvalue weighted by Crippen LogP contribution is 2.28. The third kappa shape index (κ3) is 4.02. The normalized spacial score (nSPS) is 22.5. The minimum Gasteiger partial charge on any atom is -0.313 e. The van der Waals surface area contributed by atoms with Gasteiger partial charge in [-0.25, -0.2) is 0 Å². The molecule has 0 amide bonds. The number of nitrogens with two attached hydrogens (primary N) is 1. The van der Waals surface area contributed by atoms with E-state index in [2.05, 4.69) is 6.07 Å². The second-order valence-corrected chi connectivity index (χ2v) is 5.23. The van der Waals surface area contributed by atoms with Crippen LogP contribution in [0.15, 0.2) is 0 Å². The van der Waals surface area contributed by atoms with Crippen molar-refractivity contribution in [3.8, 4) is 6.07 Å². The van der Waals surface area contributed by atoms with Crippen LogP contribution in [0.4, 0.5) is 0 Å². The standard InChI is InChI=1S/C10H18N2S/c1-10(12,7-11)8-13-6-9-4-2-3-5-9/h9H,2-6,8,12H2,1H3. The molecule has 1 rings (SSSR count). The fraction of sp³-hybridized carbons (Fsp3) is 0.900. The Morgan fingerprint density at radius 1 is 1.54 bits per heavy atom. The summed E-state index contributed by atoms with van der Waals surface area (Å²) in [6.07, 6.45) is 5.54. The molecule has 1 aliphatic carbocycles. The molecule has 0 aromatic heterocycles. The maximum absolute atomic E-state index is 8.70. The number of rotatable bonds is 4. The van der Waals surface area contributed by atoms with Crippen LogP contribution in [0.3, 0.4) is 0 Å². The molecule has 0 aromatic carbocycles. The van der Waals surface area contributed by atoms with Gasteiger partial charge < -0.3 is 5.73 Å². The maximum atomic E-state index is 8.70. The van der Waals surface area contributed by atoms with E-state index in [1.165, 1.54) is 31.4 Å². The molecule has 0 aliphatic heterocycles. The third-order valence-corrected chi connectivity index (χ3v) is 4.00. The highest BCUT2D eigenvalue weighted by molar-refractivity contribution is 7.99. The van der Waals surface area contributed by atoms with E-state index in [0.29, 0.717) is 0 Å². The predicted molar refractivity (Wildman–Crippen MR) is 57.5 cm³/mol. The van der Waals surface area contributed by atoms with Crippen LogP contribution in [0.5, 0.6) is 0 Å². The minimum absolute atomic E-state index is 0.636. The van der Waals surface area contributed by atoms with Crippen LogP contribution in [-0.4, -0.2) is 17.0 Å². The molecule has 1 unspecified atom stereocenters. The van der Waals surface area contributed by atoms with E-state index in [1.807, 2.05) is 11.8 Å². The van der Waals surface area contributed by atoms with E-state index in [1.54, 1.807) is 6.92 Å². The molecule has 1 saturated carbocycles. The summed E-state index contributed by atoms with van der Waals surface area (Å²) in [6.45, 7) is 1.80. The zero-order valence-electron chi connectivity index (χ0n) is 8.25. The van der Waals surface area contributed by atoms with Crippen molar-refractivity contribution in [2.24, 2.45) is 11.7 Å². The summed E-state index contributed by atoms with van der Waals surface area (Å²) < 4.78 is 0. The van der Waals surface area contributed by atoms with E-state index in [9.17, 15) is 0 Å². The number of nitriles is 1. The highest BCUT2D eigenvalue weighted by atomic mass is 32.2. The summed E-state index contributed by atoms with van der Waals surface area (Å²) in [6, 6.07) is 2.12. The van der Waals surface area contributed by atoms with Gasteiger partial charge >= 0.3 is 0 Å². The summed E-state index contributed by atoms with van der Waals surface area (Å²) in [5, 5.41) is 8.70. The average Bonchev–Trinajstić information content (AvgIpc) is 2.57. The maximum Gasteiger partial charge on any atom is 0.110 e. The predicted octanol–water partition coefficient (Wildman–Crippen LogP) is 2.15. The number of hydrogen-bond donors (Lipinski definition) is 1. The first-order valence-electron chi connectivity index (χ1n) is 4.92. The van der Waals surface area contributed by atoms with E-state index >= 15 is 0 Å². The second kappa shape index (κ2) is 4.88. The molecule has 2 nitrogen and oxygen atoms in total. The Bertz CT molecular complexity index is 190. The van der Waals surface area contributed by atoms with Gasteiger partial charge in [-0.3, -0.25) is 0 Å². The number of thioether (sulfide) groups is 1. The van der Waals surface area contributed by atoms with Crippen molar-refractivity contribution >= 4 is 11.8 Å². The lowest BCUT2D eigenvalue weighted by Gasteiger charge is -2.16. The molecule has 0 heterocycles. The Kier molecular flexibility index (Phi) is 4.08. The van der Waals surface area contributed by atoms with Crippen LogP contribution in [0.2, 0.25) is 0 Å². The van der Waals surface area contributed by atoms with Crippen molar-refractivity contribution < 1.29 is 0 Å². The highest BCUT2D eigenvalue weighted by Gasteiger charge is 2.19. The Morgan fingerprint density at radius 2 is 2.15 bits per heavy atom. The molecule has 0 bridgehead atoms. The van der Waals surface area contributed by atoms with Crippen LogP contribution in [0.1, 0.15) is 32.6 Å². The molecule has 0 spiro atoms. The van der Waals surface area contributed by atoms with Gasteiger partial charge in [0.15, 0.2) is 0 Å². The molecular weight excluding hydrogens is 180 g/mol. The molecule has 0 saturated heterocycles. The Hall–Kier alpha value is -0.200. The van der Waals surface area contributed by atoms with Crippen molar-refractivity contribution in [2.75, 3.05) is 11.5 Å². The van der Waals surface area contributed by atoms with E-state index in [4.69, 9.17) is 11.0 Å². The van der Waals surface area contributed by atoms with Crippen LogP contribution < -0.4 is 5.73 Å². The summed E-state index contributed by atoms with van der Waals surface area (Å²) in [5.41, 5.74) is 5.08. The van der Waals surface area contributed by atoms with Crippen LogP contribution in [0, 0.1) is 17.2 Å². The van der Waals surface area contributed by atoms with Crippen molar-refractivity contribution in [1.29, 1.82) is 5.26 Å². The number of hydrogen-bond acceptors (Lipinski definition) is 3. The second-order valence-electron chi connectivity index (χ2n) is 4.19. The molecule has 0 aromatic rings. The van der Waals surface area contributed by atoms with Crippen molar-refractivity contribution in [1.82, 2.24) is 0 Å². The van der Waals surface area contributed by atoms with Gasteiger partial charge in [-0.15, -0.1) is 0 Å². The Morgan fingerprint density at radius 3 is 2.69 bits per heavy atom. The molecular formula is C10H18N2S. The Labute approximate surface area is 84.9 Å². The first-order valence-corrected chi connectivity index (χ1v) is 6.07.